The van der Waals surface area contributed by atoms with E-state index in [0.29, 0.717) is 23.0 Å². The summed E-state index contributed by atoms with van der Waals surface area (Å²) in [7, 11) is 0. The molecular formula is C59H35N5O. The van der Waals surface area contributed by atoms with Crippen molar-refractivity contribution in [1.29, 1.82) is 5.26 Å². The third-order valence-corrected chi connectivity index (χ3v) is 13.1. The predicted octanol–water partition coefficient (Wildman–Crippen LogP) is 14.0. The van der Waals surface area contributed by atoms with E-state index in [1.54, 1.807) is 0 Å². The van der Waals surface area contributed by atoms with Crippen LogP contribution in [0.4, 0.5) is 0 Å². The van der Waals surface area contributed by atoms with E-state index in [1.807, 2.05) is 78.9 Å². The number of rotatable bonds is 5. The highest BCUT2D eigenvalue weighted by molar-refractivity contribution is 6.11. The summed E-state index contributed by atoms with van der Waals surface area (Å²) >= 11 is 0. The molecule has 3 heterocycles. The Balaban J connectivity index is 1.04. The van der Waals surface area contributed by atoms with Gasteiger partial charge in [-0.05, 0) is 106 Å². The van der Waals surface area contributed by atoms with E-state index in [-0.39, 0.29) is 0 Å². The van der Waals surface area contributed by atoms with Crippen molar-refractivity contribution in [2.75, 3.05) is 0 Å². The van der Waals surface area contributed by atoms with Gasteiger partial charge in [0, 0.05) is 44.3 Å². The molecule has 0 amide bonds. The van der Waals surface area contributed by atoms with Gasteiger partial charge in [-0.15, -0.1) is 0 Å². The van der Waals surface area contributed by atoms with E-state index in [9.17, 15) is 5.26 Å². The molecule has 2 aliphatic rings. The third kappa shape index (κ3) is 5.56. The second-order valence-corrected chi connectivity index (χ2v) is 16.7. The SMILES string of the molecule is N#Cc1ccc2c(c1)c1cc(-c3ccc4c(c3)C3(c5cc(-c6nc(-c7ccccc7)nc(-c7ccccc7)n6)ccc5O4)c4ccccc4-c4ccccc43)ccc1n2-c1ccccc1. The molecule has 9 aromatic carbocycles. The lowest BCUT2D eigenvalue weighted by Crippen LogP contribution is -2.32. The van der Waals surface area contributed by atoms with Crippen LogP contribution < -0.4 is 4.74 Å². The summed E-state index contributed by atoms with van der Waals surface area (Å²) in [4.78, 5) is 15.3. The first-order valence-electron chi connectivity index (χ1n) is 21.7. The van der Waals surface area contributed by atoms with Crippen molar-refractivity contribution in [3.63, 3.8) is 0 Å². The van der Waals surface area contributed by atoms with Crippen molar-refractivity contribution in [1.82, 2.24) is 19.5 Å². The Morgan fingerprint density at radius 3 is 1.46 bits per heavy atom. The summed E-state index contributed by atoms with van der Waals surface area (Å²) < 4.78 is 9.26. The van der Waals surface area contributed by atoms with Gasteiger partial charge in [0.1, 0.15) is 11.5 Å². The molecule has 0 unspecified atom stereocenters. The Morgan fingerprint density at radius 2 is 0.862 bits per heavy atom. The van der Waals surface area contributed by atoms with Gasteiger partial charge in [0.25, 0.3) is 0 Å². The Bertz CT molecular complexity index is 3660. The third-order valence-electron chi connectivity index (χ3n) is 13.1. The van der Waals surface area contributed by atoms with Crippen molar-refractivity contribution < 1.29 is 4.74 Å². The van der Waals surface area contributed by atoms with Crippen molar-refractivity contribution in [3.8, 4) is 79.7 Å². The number of nitriles is 1. The molecule has 0 saturated carbocycles. The van der Waals surface area contributed by atoms with Crippen LogP contribution in [0.15, 0.2) is 212 Å². The van der Waals surface area contributed by atoms with Crippen LogP contribution in [0.5, 0.6) is 11.5 Å². The van der Waals surface area contributed by atoms with Crippen LogP contribution in [0.1, 0.15) is 27.8 Å². The number of nitrogens with zero attached hydrogens (tertiary/aromatic N) is 5. The van der Waals surface area contributed by atoms with Gasteiger partial charge in [-0.2, -0.15) is 5.26 Å². The molecule has 0 N–H and O–H groups in total. The molecule has 1 aliphatic heterocycles. The summed E-state index contributed by atoms with van der Waals surface area (Å²) in [6.45, 7) is 0. The maximum Gasteiger partial charge on any atom is 0.164 e. The molecule has 0 bridgehead atoms. The predicted molar refractivity (Wildman–Crippen MR) is 258 cm³/mol. The molecule has 1 spiro atoms. The number of para-hydroxylation sites is 1. The zero-order chi connectivity index (χ0) is 43.1. The fourth-order valence-electron chi connectivity index (χ4n) is 10.3. The largest absolute Gasteiger partial charge is 0.457 e. The average Bonchev–Trinajstić information content (AvgIpc) is 3.87. The van der Waals surface area contributed by atoms with E-state index in [4.69, 9.17) is 19.7 Å². The van der Waals surface area contributed by atoms with E-state index >= 15 is 0 Å². The van der Waals surface area contributed by atoms with Crippen molar-refractivity contribution in [2.45, 2.75) is 5.41 Å². The zero-order valence-corrected chi connectivity index (χ0v) is 34.9. The summed E-state index contributed by atoms with van der Waals surface area (Å²) in [5, 5.41) is 12.1. The first-order chi connectivity index (χ1) is 32.2. The van der Waals surface area contributed by atoms with Gasteiger partial charge >= 0.3 is 0 Å². The average molecular weight is 830 g/mol. The second kappa shape index (κ2) is 14.3. The minimum absolute atomic E-state index is 0.581. The number of fused-ring (bicyclic) bond motifs is 12. The molecule has 11 aromatic rings. The second-order valence-electron chi connectivity index (χ2n) is 16.7. The Kier molecular flexibility index (Phi) is 8.08. The topological polar surface area (TPSA) is 76.6 Å². The van der Waals surface area contributed by atoms with E-state index in [1.165, 1.54) is 22.3 Å². The minimum Gasteiger partial charge on any atom is -0.457 e. The number of ether oxygens (including phenoxy) is 1. The summed E-state index contributed by atoms with van der Waals surface area (Å²) in [6.07, 6.45) is 0. The monoisotopic (exact) mass is 829 g/mol. The molecule has 6 heteroatoms. The van der Waals surface area contributed by atoms with Gasteiger partial charge < -0.3 is 9.30 Å². The fraction of sp³-hybridized carbons (Fsp3) is 0.0169. The molecule has 0 radical (unpaired) electrons. The highest BCUT2D eigenvalue weighted by Crippen LogP contribution is 2.62. The summed E-state index contributed by atoms with van der Waals surface area (Å²) in [5.41, 5.74) is 14.8. The molecular weight excluding hydrogens is 795 g/mol. The van der Waals surface area contributed by atoms with E-state index < -0.39 is 5.41 Å². The van der Waals surface area contributed by atoms with Gasteiger partial charge in [0.05, 0.1) is 28.1 Å². The van der Waals surface area contributed by atoms with Crippen LogP contribution in [0.3, 0.4) is 0 Å². The van der Waals surface area contributed by atoms with Gasteiger partial charge in [-0.3, -0.25) is 0 Å². The van der Waals surface area contributed by atoms with Gasteiger partial charge in [-0.1, -0.05) is 140 Å². The minimum atomic E-state index is -0.741. The van der Waals surface area contributed by atoms with Crippen molar-refractivity contribution in [3.05, 3.63) is 240 Å². The summed E-state index contributed by atoms with van der Waals surface area (Å²) in [6, 6.07) is 76.2. The zero-order valence-electron chi connectivity index (χ0n) is 34.9. The van der Waals surface area contributed by atoms with Crippen LogP contribution in [-0.4, -0.2) is 19.5 Å². The Labute approximate surface area is 375 Å². The molecule has 13 rings (SSSR count). The number of aromatic nitrogens is 4. The molecule has 6 nitrogen and oxygen atoms in total. The van der Waals surface area contributed by atoms with Crippen LogP contribution in [-0.2, 0) is 5.41 Å². The quantitative estimate of drug-likeness (QED) is 0.173. The molecule has 1 aliphatic carbocycles. The lowest BCUT2D eigenvalue weighted by atomic mass is 9.65. The first-order valence-corrected chi connectivity index (χ1v) is 21.7. The highest BCUT2D eigenvalue weighted by Gasteiger charge is 2.51. The molecule has 0 fully saturated rings. The smallest absolute Gasteiger partial charge is 0.164 e. The van der Waals surface area contributed by atoms with Crippen LogP contribution >= 0.6 is 0 Å². The lowest BCUT2D eigenvalue weighted by molar-refractivity contribution is 0.436. The summed E-state index contributed by atoms with van der Waals surface area (Å²) in [5.74, 6) is 3.38. The van der Waals surface area contributed by atoms with E-state index in [0.717, 1.165) is 77.9 Å². The molecule has 65 heavy (non-hydrogen) atoms. The molecule has 0 saturated heterocycles. The highest BCUT2D eigenvalue weighted by atomic mass is 16.5. The van der Waals surface area contributed by atoms with Gasteiger partial charge in [0.15, 0.2) is 17.5 Å². The Hall–Kier alpha value is -8.92. The molecule has 302 valence electrons. The normalized spacial score (nSPS) is 12.8. The van der Waals surface area contributed by atoms with Crippen molar-refractivity contribution >= 4 is 21.8 Å². The first kappa shape index (κ1) is 36.7. The molecule has 0 atom stereocenters. The fourth-order valence-corrected chi connectivity index (χ4v) is 10.3. The van der Waals surface area contributed by atoms with Gasteiger partial charge in [0.2, 0.25) is 0 Å². The maximum absolute atomic E-state index is 9.97. The lowest BCUT2D eigenvalue weighted by Gasteiger charge is -2.40. The van der Waals surface area contributed by atoms with Crippen LogP contribution in [0.25, 0.3) is 83.9 Å². The molecule has 2 aromatic heterocycles. The van der Waals surface area contributed by atoms with Crippen LogP contribution in [0.2, 0.25) is 0 Å². The van der Waals surface area contributed by atoms with Crippen LogP contribution in [0, 0.1) is 11.3 Å². The Morgan fingerprint density at radius 1 is 0.400 bits per heavy atom. The maximum atomic E-state index is 9.97. The van der Waals surface area contributed by atoms with Gasteiger partial charge in [-0.25, -0.2) is 15.0 Å². The van der Waals surface area contributed by atoms with E-state index in [2.05, 4.69) is 144 Å². The number of benzene rings is 9. The standard InChI is InChI=1S/C59H35N5O/c60-36-37-24-28-52-46(32-37)47-33-40(25-29-53(47)64(52)43-18-8-3-9-19-43)41-26-30-54-50(34-41)59(48-22-12-10-20-44(48)45-21-11-13-23-49(45)59)51-35-42(27-31-55(51)65-54)58-62-56(38-14-4-1-5-15-38)61-57(63-58)39-16-6-2-7-17-39/h1-35H. The number of hydrogen-bond donors (Lipinski definition) is 0. The van der Waals surface area contributed by atoms with Crippen molar-refractivity contribution in [2.24, 2.45) is 0 Å². The number of hydrogen-bond acceptors (Lipinski definition) is 5.